The molecule has 0 bridgehead atoms. The number of rotatable bonds is 2. The molecule has 16 heavy (non-hydrogen) atoms. The summed E-state index contributed by atoms with van der Waals surface area (Å²) in [5, 5.41) is 3.67. The molecule has 1 aromatic heterocycles. The van der Waals surface area contributed by atoms with Gasteiger partial charge in [-0.3, -0.25) is 0 Å². The van der Waals surface area contributed by atoms with Gasteiger partial charge in [0.25, 0.3) is 0 Å². The summed E-state index contributed by atoms with van der Waals surface area (Å²) < 4.78 is 18.5. The average molecular weight is 242 g/mol. The standard InChI is InChI=1S/C10H9ClFN3O/c1-5-2-6(9(12)7(11)3-5)10-14-8(4-13)16-15-10/h2-3H,4,13H2,1H3. The second kappa shape index (κ2) is 4.19. The first-order chi connectivity index (χ1) is 7.61. The largest absolute Gasteiger partial charge is 0.338 e. The van der Waals surface area contributed by atoms with Crippen LogP contribution in [0.15, 0.2) is 16.7 Å². The molecule has 0 aliphatic carbocycles. The molecule has 0 amide bonds. The monoisotopic (exact) mass is 241 g/mol. The number of hydrogen-bond donors (Lipinski definition) is 1. The van der Waals surface area contributed by atoms with Crippen molar-refractivity contribution < 1.29 is 8.91 Å². The minimum absolute atomic E-state index is 0.0362. The molecule has 0 spiro atoms. The first kappa shape index (κ1) is 11.0. The molecule has 2 rings (SSSR count). The molecule has 0 aliphatic heterocycles. The summed E-state index contributed by atoms with van der Waals surface area (Å²) in [6, 6.07) is 3.14. The van der Waals surface area contributed by atoms with Gasteiger partial charge in [-0.2, -0.15) is 4.98 Å². The fourth-order valence-electron chi connectivity index (χ4n) is 1.33. The Kier molecular flexibility index (Phi) is 2.89. The van der Waals surface area contributed by atoms with Crippen LogP contribution in [-0.2, 0) is 6.54 Å². The number of nitrogens with two attached hydrogens (primary N) is 1. The lowest BCUT2D eigenvalue weighted by Crippen LogP contribution is -1.96. The first-order valence-corrected chi connectivity index (χ1v) is 4.98. The van der Waals surface area contributed by atoms with Crippen LogP contribution in [0.1, 0.15) is 11.5 Å². The molecule has 0 saturated heterocycles. The maximum absolute atomic E-state index is 13.7. The third-order valence-electron chi connectivity index (χ3n) is 2.06. The molecule has 2 aromatic rings. The summed E-state index contributed by atoms with van der Waals surface area (Å²) in [7, 11) is 0. The van der Waals surface area contributed by atoms with Crippen molar-refractivity contribution in [3.05, 3.63) is 34.4 Å². The number of nitrogens with zero attached hydrogens (tertiary/aromatic N) is 2. The Morgan fingerprint density at radius 2 is 2.25 bits per heavy atom. The molecule has 0 atom stereocenters. The summed E-state index contributed by atoms with van der Waals surface area (Å²) in [4.78, 5) is 3.94. The summed E-state index contributed by atoms with van der Waals surface area (Å²) in [5.41, 5.74) is 6.36. The van der Waals surface area contributed by atoms with Crippen molar-refractivity contribution in [2.24, 2.45) is 5.73 Å². The van der Waals surface area contributed by atoms with E-state index in [-0.39, 0.29) is 28.8 Å². The van der Waals surface area contributed by atoms with Gasteiger partial charge < -0.3 is 10.3 Å². The van der Waals surface area contributed by atoms with Crippen molar-refractivity contribution in [1.29, 1.82) is 0 Å². The van der Waals surface area contributed by atoms with Gasteiger partial charge in [0.05, 0.1) is 17.1 Å². The smallest absolute Gasteiger partial charge is 0.240 e. The number of aromatic nitrogens is 2. The summed E-state index contributed by atoms with van der Waals surface area (Å²) in [6.07, 6.45) is 0. The average Bonchev–Trinajstić information content (AvgIpc) is 2.71. The van der Waals surface area contributed by atoms with Gasteiger partial charge in [-0.1, -0.05) is 16.8 Å². The van der Waals surface area contributed by atoms with Crippen molar-refractivity contribution in [3.8, 4) is 11.4 Å². The normalized spacial score (nSPS) is 10.8. The van der Waals surface area contributed by atoms with Gasteiger partial charge in [-0.25, -0.2) is 4.39 Å². The van der Waals surface area contributed by atoms with Crippen LogP contribution in [0.2, 0.25) is 5.02 Å². The van der Waals surface area contributed by atoms with Crippen LogP contribution in [0.5, 0.6) is 0 Å². The van der Waals surface area contributed by atoms with Gasteiger partial charge in [0.1, 0.15) is 0 Å². The zero-order valence-electron chi connectivity index (χ0n) is 8.50. The van der Waals surface area contributed by atoms with Gasteiger partial charge in [0.2, 0.25) is 11.7 Å². The summed E-state index contributed by atoms with van der Waals surface area (Å²) in [5.74, 6) is -0.146. The second-order valence-electron chi connectivity index (χ2n) is 3.32. The quantitative estimate of drug-likeness (QED) is 0.876. The lowest BCUT2D eigenvalue weighted by Gasteiger charge is -2.01. The Bertz CT molecular complexity index is 527. The van der Waals surface area contributed by atoms with E-state index in [1.807, 2.05) is 0 Å². The van der Waals surface area contributed by atoms with E-state index in [4.69, 9.17) is 21.9 Å². The Hall–Kier alpha value is -1.46. The van der Waals surface area contributed by atoms with E-state index in [9.17, 15) is 4.39 Å². The van der Waals surface area contributed by atoms with Crippen LogP contribution in [-0.4, -0.2) is 10.1 Å². The van der Waals surface area contributed by atoms with Crippen molar-refractivity contribution in [2.75, 3.05) is 0 Å². The zero-order chi connectivity index (χ0) is 11.7. The highest BCUT2D eigenvalue weighted by atomic mass is 35.5. The highest BCUT2D eigenvalue weighted by molar-refractivity contribution is 6.31. The minimum Gasteiger partial charge on any atom is -0.338 e. The second-order valence-corrected chi connectivity index (χ2v) is 3.73. The van der Waals surface area contributed by atoms with Gasteiger partial charge in [-0.05, 0) is 24.6 Å². The van der Waals surface area contributed by atoms with Crippen molar-refractivity contribution in [3.63, 3.8) is 0 Å². The molecular formula is C10H9ClFN3O. The Balaban J connectivity index is 2.54. The highest BCUT2D eigenvalue weighted by Gasteiger charge is 2.15. The first-order valence-electron chi connectivity index (χ1n) is 4.60. The van der Waals surface area contributed by atoms with E-state index >= 15 is 0 Å². The van der Waals surface area contributed by atoms with E-state index in [2.05, 4.69) is 10.1 Å². The maximum atomic E-state index is 13.7. The van der Waals surface area contributed by atoms with Crippen molar-refractivity contribution in [1.82, 2.24) is 10.1 Å². The number of aryl methyl sites for hydroxylation is 1. The Morgan fingerprint density at radius 3 is 2.88 bits per heavy atom. The van der Waals surface area contributed by atoms with Crippen molar-refractivity contribution in [2.45, 2.75) is 13.5 Å². The van der Waals surface area contributed by atoms with E-state index < -0.39 is 5.82 Å². The summed E-state index contributed by atoms with van der Waals surface area (Å²) in [6.45, 7) is 1.92. The summed E-state index contributed by atoms with van der Waals surface area (Å²) >= 11 is 5.72. The molecule has 0 unspecified atom stereocenters. The lowest BCUT2D eigenvalue weighted by molar-refractivity contribution is 0.380. The van der Waals surface area contributed by atoms with E-state index in [1.54, 1.807) is 13.0 Å². The fraction of sp³-hybridized carbons (Fsp3) is 0.200. The Morgan fingerprint density at radius 1 is 1.50 bits per heavy atom. The Labute approximate surface area is 96.2 Å². The predicted octanol–water partition coefficient (Wildman–Crippen LogP) is 2.30. The minimum atomic E-state index is -0.559. The van der Waals surface area contributed by atoms with Gasteiger partial charge in [0, 0.05) is 0 Å². The van der Waals surface area contributed by atoms with E-state index in [0.717, 1.165) is 5.56 Å². The van der Waals surface area contributed by atoms with Crippen LogP contribution in [0, 0.1) is 12.7 Å². The van der Waals surface area contributed by atoms with E-state index in [0.29, 0.717) is 0 Å². The zero-order valence-corrected chi connectivity index (χ0v) is 9.25. The molecule has 0 fully saturated rings. The SMILES string of the molecule is Cc1cc(Cl)c(F)c(-c2noc(CN)n2)c1. The molecular weight excluding hydrogens is 233 g/mol. The van der Waals surface area contributed by atoms with Crippen LogP contribution < -0.4 is 5.73 Å². The maximum Gasteiger partial charge on any atom is 0.240 e. The van der Waals surface area contributed by atoms with Gasteiger partial charge >= 0.3 is 0 Å². The number of hydrogen-bond acceptors (Lipinski definition) is 4. The number of halogens is 2. The van der Waals surface area contributed by atoms with Gasteiger partial charge in [0.15, 0.2) is 5.82 Å². The molecule has 0 saturated carbocycles. The highest BCUT2D eigenvalue weighted by Crippen LogP contribution is 2.27. The van der Waals surface area contributed by atoms with Crippen LogP contribution in [0.4, 0.5) is 4.39 Å². The van der Waals surface area contributed by atoms with Crippen LogP contribution in [0.25, 0.3) is 11.4 Å². The lowest BCUT2D eigenvalue weighted by atomic mass is 10.1. The molecule has 0 aliphatic rings. The fourth-order valence-corrected chi connectivity index (χ4v) is 1.61. The van der Waals surface area contributed by atoms with Crippen LogP contribution in [0.3, 0.4) is 0 Å². The number of benzene rings is 1. The third kappa shape index (κ3) is 1.91. The topological polar surface area (TPSA) is 64.9 Å². The van der Waals surface area contributed by atoms with E-state index in [1.165, 1.54) is 6.07 Å². The molecule has 84 valence electrons. The van der Waals surface area contributed by atoms with Crippen molar-refractivity contribution >= 4 is 11.6 Å². The van der Waals surface area contributed by atoms with Gasteiger partial charge in [-0.15, -0.1) is 0 Å². The predicted molar refractivity (Wildman–Crippen MR) is 57.3 cm³/mol. The molecule has 1 aromatic carbocycles. The molecule has 4 nitrogen and oxygen atoms in total. The van der Waals surface area contributed by atoms with Crippen LogP contribution >= 0.6 is 11.6 Å². The third-order valence-corrected chi connectivity index (χ3v) is 2.33. The molecule has 6 heteroatoms. The molecule has 2 N–H and O–H groups in total. The molecule has 0 radical (unpaired) electrons. The molecule has 1 heterocycles.